The molecule has 0 aliphatic carbocycles. The van der Waals surface area contributed by atoms with Gasteiger partial charge in [0.1, 0.15) is 6.61 Å². The Balaban J connectivity index is 0. The zero-order valence-corrected chi connectivity index (χ0v) is 5.24. The molecule has 0 aliphatic rings. The normalized spacial score (nSPS) is 6.17. The fourth-order valence-electron chi connectivity index (χ4n) is 0. The molecule has 0 unspecified atom stereocenters. The summed E-state index contributed by atoms with van der Waals surface area (Å²) in [6.45, 7) is -0.778. The van der Waals surface area contributed by atoms with Crippen LogP contribution in [0.15, 0.2) is 0 Å². The van der Waals surface area contributed by atoms with Crippen LogP contribution in [0.25, 0.3) is 0 Å². The molecule has 0 aromatic heterocycles. The largest absolute Gasteiger partial charge is 0.480 e. The summed E-state index contributed by atoms with van der Waals surface area (Å²) >= 11 is 0. The molecule has 0 heterocycles. The maximum atomic E-state index is 9.12. The molecule has 2 N–H and O–H groups in total. The molecule has 4 heteroatoms. The smallest absolute Gasteiger partial charge is 0.329 e. The van der Waals surface area contributed by atoms with Gasteiger partial charge in [0.05, 0.1) is 0 Å². The average Bonchev–Trinajstić information content (AvgIpc) is 1.38. The number of carboxylic acids is 1. The van der Waals surface area contributed by atoms with Gasteiger partial charge in [-0.25, -0.2) is 4.79 Å². The molecular formula is C2H4IrO3. The molecule has 0 spiro atoms. The molecule has 0 saturated heterocycles. The van der Waals surface area contributed by atoms with Crippen LogP contribution in [0.3, 0.4) is 0 Å². The van der Waals surface area contributed by atoms with Crippen molar-refractivity contribution in [3.63, 3.8) is 0 Å². The Morgan fingerprint density at radius 3 is 1.83 bits per heavy atom. The molecule has 0 amide bonds. The number of aliphatic carboxylic acids is 1. The molecule has 0 fully saturated rings. The molecule has 3 nitrogen and oxygen atoms in total. The Kier molecular flexibility index (Phi) is 7.98. The van der Waals surface area contributed by atoms with Crippen LogP contribution in [0.2, 0.25) is 0 Å². The molecule has 39 valence electrons. The van der Waals surface area contributed by atoms with Gasteiger partial charge in [0.25, 0.3) is 0 Å². The monoisotopic (exact) mass is 269 g/mol. The molecule has 6 heavy (non-hydrogen) atoms. The standard InChI is InChI=1S/C2H4O3.Ir/c3-1-2(4)5;/h3H,1H2,(H,4,5);. The van der Waals surface area contributed by atoms with Gasteiger partial charge < -0.3 is 10.2 Å². The third kappa shape index (κ3) is 8.95. The first-order valence-electron chi connectivity index (χ1n) is 1.10. The first-order valence-corrected chi connectivity index (χ1v) is 1.10. The van der Waals surface area contributed by atoms with Crippen LogP contribution in [-0.4, -0.2) is 22.8 Å². The Labute approximate surface area is 48.3 Å². The van der Waals surface area contributed by atoms with E-state index in [9.17, 15) is 0 Å². The van der Waals surface area contributed by atoms with E-state index < -0.39 is 12.6 Å². The van der Waals surface area contributed by atoms with Crippen molar-refractivity contribution in [1.82, 2.24) is 0 Å². The van der Waals surface area contributed by atoms with Crippen molar-refractivity contribution >= 4 is 5.97 Å². The van der Waals surface area contributed by atoms with Gasteiger partial charge in [-0.05, 0) is 0 Å². The molecule has 0 atom stereocenters. The number of aliphatic hydroxyl groups is 1. The van der Waals surface area contributed by atoms with Gasteiger partial charge in [-0.15, -0.1) is 0 Å². The first-order chi connectivity index (χ1) is 2.27. The molecular weight excluding hydrogens is 264 g/mol. The van der Waals surface area contributed by atoms with Crippen molar-refractivity contribution in [2.45, 2.75) is 0 Å². The topological polar surface area (TPSA) is 57.5 Å². The van der Waals surface area contributed by atoms with Crippen molar-refractivity contribution in [2.24, 2.45) is 0 Å². The number of hydrogen-bond acceptors (Lipinski definition) is 2. The van der Waals surface area contributed by atoms with E-state index in [0.717, 1.165) is 0 Å². The molecule has 0 aromatic carbocycles. The summed E-state index contributed by atoms with van der Waals surface area (Å²) in [5, 5.41) is 15.0. The van der Waals surface area contributed by atoms with Crippen LogP contribution in [0, 0.1) is 0 Å². The zero-order valence-electron chi connectivity index (χ0n) is 2.84. The third-order valence-electron chi connectivity index (χ3n) is 0.135. The van der Waals surface area contributed by atoms with Crippen LogP contribution in [0.5, 0.6) is 0 Å². The minimum absolute atomic E-state index is 0. The van der Waals surface area contributed by atoms with Gasteiger partial charge in [0, 0.05) is 20.1 Å². The van der Waals surface area contributed by atoms with E-state index >= 15 is 0 Å². The number of carbonyl (C=O) groups is 1. The second-order valence-corrected chi connectivity index (χ2v) is 0.552. The van der Waals surface area contributed by atoms with Crippen molar-refractivity contribution < 1.29 is 35.1 Å². The number of hydrogen-bond donors (Lipinski definition) is 2. The van der Waals surface area contributed by atoms with Crippen molar-refractivity contribution in [2.75, 3.05) is 6.61 Å². The second-order valence-electron chi connectivity index (χ2n) is 0.552. The first kappa shape index (κ1) is 9.43. The SMILES string of the molecule is O=C(O)CO.[Ir]. The van der Waals surface area contributed by atoms with Crippen LogP contribution in [0.4, 0.5) is 0 Å². The van der Waals surface area contributed by atoms with Crippen molar-refractivity contribution in [3.05, 3.63) is 0 Å². The summed E-state index contributed by atoms with van der Waals surface area (Å²) in [7, 11) is 0. The van der Waals surface area contributed by atoms with E-state index in [-0.39, 0.29) is 20.1 Å². The van der Waals surface area contributed by atoms with E-state index in [1.165, 1.54) is 0 Å². The van der Waals surface area contributed by atoms with Crippen LogP contribution >= 0.6 is 0 Å². The number of carboxylic acid groups (broad SMARTS) is 1. The summed E-state index contributed by atoms with van der Waals surface area (Å²) in [5.41, 5.74) is 0. The molecule has 0 bridgehead atoms. The van der Waals surface area contributed by atoms with Crippen LogP contribution in [0.1, 0.15) is 0 Å². The van der Waals surface area contributed by atoms with E-state index in [1.54, 1.807) is 0 Å². The summed E-state index contributed by atoms with van der Waals surface area (Å²) in [5.74, 6) is -1.19. The number of aliphatic hydroxyl groups excluding tert-OH is 1. The number of rotatable bonds is 1. The summed E-state index contributed by atoms with van der Waals surface area (Å²) in [6.07, 6.45) is 0. The second kappa shape index (κ2) is 5.08. The van der Waals surface area contributed by atoms with E-state index in [1.807, 2.05) is 0 Å². The maximum absolute atomic E-state index is 9.12. The van der Waals surface area contributed by atoms with Crippen molar-refractivity contribution in [3.8, 4) is 0 Å². The van der Waals surface area contributed by atoms with Gasteiger partial charge >= 0.3 is 5.97 Å². The predicted molar refractivity (Wildman–Crippen MR) is 14.7 cm³/mol. The fraction of sp³-hybridized carbons (Fsp3) is 0.500. The van der Waals surface area contributed by atoms with E-state index in [4.69, 9.17) is 15.0 Å². The quantitative estimate of drug-likeness (QED) is 0.645. The molecule has 0 aromatic rings. The molecule has 0 saturated carbocycles. The summed E-state index contributed by atoms with van der Waals surface area (Å²) in [6, 6.07) is 0. The maximum Gasteiger partial charge on any atom is 0.329 e. The van der Waals surface area contributed by atoms with Gasteiger partial charge in [0.2, 0.25) is 0 Å². The summed E-state index contributed by atoms with van der Waals surface area (Å²) in [4.78, 5) is 9.12. The fourth-order valence-corrected chi connectivity index (χ4v) is 0. The van der Waals surface area contributed by atoms with E-state index in [0.29, 0.717) is 0 Å². The van der Waals surface area contributed by atoms with E-state index in [2.05, 4.69) is 0 Å². The van der Waals surface area contributed by atoms with Gasteiger partial charge in [-0.1, -0.05) is 0 Å². The van der Waals surface area contributed by atoms with Crippen molar-refractivity contribution in [1.29, 1.82) is 0 Å². The minimum atomic E-state index is -1.19. The minimum Gasteiger partial charge on any atom is -0.480 e. The predicted octanol–water partition coefficient (Wildman–Crippen LogP) is -0.939. The third-order valence-corrected chi connectivity index (χ3v) is 0.135. The van der Waals surface area contributed by atoms with Gasteiger partial charge in [0.15, 0.2) is 0 Å². The Hall–Kier alpha value is 0.0794. The van der Waals surface area contributed by atoms with Crippen LogP contribution < -0.4 is 0 Å². The Morgan fingerprint density at radius 1 is 1.67 bits per heavy atom. The molecule has 0 aliphatic heterocycles. The van der Waals surface area contributed by atoms with Gasteiger partial charge in [-0.2, -0.15) is 0 Å². The molecule has 1 radical (unpaired) electrons. The zero-order chi connectivity index (χ0) is 4.28. The average molecular weight is 268 g/mol. The van der Waals surface area contributed by atoms with Gasteiger partial charge in [-0.3, -0.25) is 0 Å². The molecule has 0 rings (SSSR count). The van der Waals surface area contributed by atoms with Crippen LogP contribution in [-0.2, 0) is 24.9 Å². The Morgan fingerprint density at radius 2 is 1.83 bits per heavy atom. The summed E-state index contributed by atoms with van der Waals surface area (Å²) < 4.78 is 0. The Bertz CT molecular complexity index is 44.1.